The van der Waals surface area contributed by atoms with Crippen LogP contribution < -0.4 is 15.1 Å². The van der Waals surface area contributed by atoms with E-state index in [0.29, 0.717) is 22.6 Å². The highest BCUT2D eigenvalue weighted by atomic mass is 32.2. The first kappa shape index (κ1) is 28.9. The molecule has 2 aliphatic heterocycles. The number of morpholine rings is 1. The molecule has 0 radical (unpaired) electrons. The van der Waals surface area contributed by atoms with Gasteiger partial charge in [0.2, 0.25) is 15.3 Å². The molecular weight excluding hydrogens is 571 g/mol. The van der Waals surface area contributed by atoms with E-state index in [1.54, 1.807) is 36.3 Å². The summed E-state index contributed by atoms with van der Waals surface area (Å²) in [6.45, 7) is 6.00. The minimum atomic E-state index is -4.20. The van der Waals surface area contributed by atoms with Crippen molar-refractivity contribution in [2.24, 2.45) is 0 Å². The summed E-state index contributed by atoms with van der Waals surface area (Å²) in [5.41, 5.74) is 1.23. The van der Waals surface area contributed by atoms with Crippen LogP contribution in [0.1, 0.15) is 36.3 Å². The van der Waals surface area contributed by atoms with Crippen LogP contribution >= 0.6 is 0 Å². The fourth-order valence-corrected chi connectivity index (χ4v) is 7.08. The first-order valence-electron chi connectivity index (χ1n) is 14.2. The van der Waals surface area contributed by atoms with Crippen LogP contribution in [0, 0.1) is 0 Å². The lowest BCUT2D eigenvalue weighted by Crippen LogP contribution is -2.45. The lowest BCUT2D eigenvalue weighted by molar-refractivity contribution is -0.00545. The third-order valence-corrected chi connectivity index (χ3v) is 9.62. The molecule has 10 nitrogen and oxygen atoms in total. The van der Waals surface area contributed by atoms with Crippen molar-refractivity contribution in [2.75, 3.05) is 36.5 Å². The number of nitrogens with one attached hydrogen (secondary N) is 1. The Bertz CT molecular complexity index is 1790. The molecule has 0 saturated carbocycles. The molecule has 2 aliphatic rings. The average Bonchev–Trinajstić information content (AvgIpc) is 3.08. The predicted molar refractivity (Wildman–Crippen MR) is 163 cm³/mol. The summed E-state index contributed by atoms with van der Waals surface area (Å²) in [7, 11) is -2.50. The van der Waals surface area contributed by atoms with Crippen molar-refractivity contribution in [1.82, 2.24) is 20.3 Å². The number of carbonyl (C=O) groups is 1. The van der Waals surface area contributed by atoms with Crippen LogP contribution in [-0.2, 0) is 21.1 Å². The normalized spacial score (nSPS) is 21.7. The van der Waals surface area contributed by atoms with Crippen molar-refractivity contribution in [3.8, 4) is 11.4 Å². The Labute approximate surface area is 249 Å². The van der Waals surface area contributed by atoms with E-state index >= 15 is 0 Å². The summed E-state index contributed by atoms with van der Waals surface area (Å²) < 4.78 is 45.8. The zero-order valence-corrected chi connectivity index (χ0v) is 25.0. The molecule has 1 aromatic carbocycles. The van der Waals surface area contributed by atoms with Gasteiger partial charge in [-0.15, -0.1) is 0 Å². The number of fused-ring (bicyclic) bond motifs is 2. The number of nitrogens with zero attached hydrogens (tertiary/aromatic N) is 5. The lowest BCUT2D eigenvalue weighted by atomic mass is 10.1. The van der Waals surface area contributed by atoms with E-state index in [9.17, 15) is 17.6 Å². The van der Waals surface area contributed by atoms with Crippen LogP contribution in [0.3, 0.4) is 0 Å². The fourth-order valence-electron chi connectivity index (χ4n) is 5.58. The number of hydrogen-bond donors (Lipinski definition) is 1. The standard InChI is InChI=1S/C31H33FN6O4S/c1-19-17-38(18-20(2)42-19)30-6-4-5-24(36-30)25-9-7-22-15-33-23(14-26(22)35-25)16-34-31(39)21-8-10-27-28(13-21)43(40,41)29(32)11-12-37(27)3/h4-10,13-15,19-20,29H,11-12,16-18H2,1-3H3,(H,34,39)/t19-,20+,29-/m1/s1. The number of benzene rings is 1. The molecule has 1 fully saturated rings. The van der Waals surface area contributed by atoms with E-state index in [1.165, 1.54) is 6.07 Å². The second-order valence-corrected chi connectivity index (χ2v) is 13.2. The Morgan fingerprint density at radius 2 is 1.81 bits per heavy atom. The Kier molecular flexibility index (Phi) is 7.74. The zero-order chi connectivity index (χ0) is 30.3. The van der Waals surface area contributed by atoms with Crippen molar-refractivity contribution in [2.45, 2.75) is 49.4 Å². The molecule has 12 heteroatoms. The molecule has 43 heavy (non-hydrogen) atoms. The molecule has 1 N–H and O–H groups in total. The van der Waals surface area contributed by atoms with Gasteiger partial charge in [-0.05, 0) is 62.4 Å². The Morgan fingerprint density at radius 3 is 2.60 bits per heavy atom. The molecule has 0 bridgehead atoms. The minimum absolute atomic E-state index is 0.0945. The molecule has 4 aromatic rings. The van der Waals surface area contributed by atoms with Crippen LogP contribution in [0.25, 0.3) is 22.3 Å². The third-order valence-electron chi connectivity index (χ3n) is 7.77. The Balaban J connectivity index is 1.20. The highest BCUT2D eigenvalue weighted by Gasteiger charge is 2.34. The topological polar surface area (TPSA) is 118 Å². The van der Waals surface area contributed by atoms with Gasteiger partial charge in [-0.1, -0.05) is 6.07 Å². The minimum Gasteiger partial charge on any atom is -0.373 e. The summed E-state index contributed by atoms with van der Waals surface area (Å²) in [6.07, 6.45) is 1.80. The number of hydrogen-bond acceptors (Lipinski definition) is 9. The Morgan fingerprint density at radius 1 is 1.05 bits per heavy atom. The number of carbonyl (C=O) groups excluding carboxylic acids is 1. The number of anilines is 2. The van der Waals surface area contributed by atoms with Gasteiger partial charge in [0, 0.05) is 50.2 Å². The van der Waals surface area contributed by atoms with E-state index in [-0.39, 0.29) is 42.2 Å². The maximum Gasteiger partial charge on any atom is 0.251 e. The predicted octanol–water partition coefficient (Wildman–Crippen LogP) is 4.14. The van der Waals surface area contributed by atoms with E-state index in [4.69, 9.17) is 14.7 Å². The number of alkyl halides is 1. The first-order valence-corrected chi connectivity index (χ1v) is 15.8. The van der Waals surface area contributed by atoms with Crippen molar-refractivity contribution >= 4 is 38.2 Å². The number of pyridine rings is 3. The van der Waals surface area contributed by atoms with E-state index in [1.807, 2.05) is 30.3 Å². The number of aromatic nitrogens is 3. The van der Waals surface area contributed by atoms with Gasteiger partial charge >= 0.3 is 0 Å². The number of sulfone groups is 1. The second kappa shape index (κ2) is 11.5. The molecule has 0 unspecified atom stereocenters. The highest BCUT2D eigenvalue weighted by Crippen LogP contribution is 2.33. The maximum absolute atomic E-state index is 14.4. The van der Waals surface area contributed by atoms with Crippen molar-refractivity contribution in [3.63, 3.8) is 0 Å². The van der Waals surface area contributed by atoms with E-state index in [2.05, 4.69) is 29.0 Å². The zero-order valence-electron chi connectivity index (χ0n) is 24.2. The number of halogens is 1. The van der Waals surface area contributed by atoms with Crippen LogP contribution in [0.4, 0.5) is 15.9 Å². The van der Waals surface area contributed by atoms with Gasteiger partial charge in [0.15, 0.2) is 0 Å². The fraction of sp³-hybridized carbons (Fsp3) is 0.355. The molecule has 1 saturated heterocycles. The summed E-state index contributed by atoms with van der Waals surface area (Å²) >= 11 is 0. The summed E-state index contributed by atoms with van der Waals surface area (Å²) in [6, 6.07) is 15.9. The van der Waals surface area contributed by atoms with Crippen LogP contribution in [0.15, 0.2) is 65.7 Å². The van der Waals surface area contributed by atoms with Crippen molar-refractivity contribution in [1.29, 1.82) is 0 Å². The molecule has 3 atom stereocenters. The van der Waals surface area contributed by atoms with Crippen molar-refractivity contribution in [3.05, 3.63) is 72.1 Å². The number of rotatable bonds is 5. The van der Waals surface area contributed by atoms with E-state index < -0.39 is 21.2 Å². The van der Waals surface area contributed by atoms with Gasteiger partial charge in [0.05, 0.1) is 51.9 Å². The molecule has 6 rings (SSSR count). The average molecular weight is 605 g/mol. The van der Waals surface area contributed by atoms with Gasteiger partial charge in [-0.25, -0.2) is 22.8 Å². The largest absolute Gasteiger partial charge is 0.373 e. The molecule has 0 aliphatic carbocycles. The molecule has 224 valence electrons. The molecule has 0 spiro atoms. The van der Waals surface area contributed by atoms with Gasteiger partial charge in [-0.3, -0.25) is 9.78 Å². The van der Waals surface area contributed by atoms with Crippen LogP contribution in [0.2, 0.25) is 0 Å². The summed E-state index contributed by atoms with van der Waals surface area (Å²) in [5.74, 6) is 0.385. The van der Waals surface area contributed by atoms with Crippen LogP contribution in [0.5, 0.6) is 0 Å². The SMILES string of the molecule is C[C@@H]1CN(c2cccc(-c3ccc4cnc(CNC(=O)c5ccc6c(c5)S(=O)(=O)[C@@H](F)CCN6C)cc4n3)n2)C[C@H](C)O1. The highest BCUT2D eigenvalue weighted by molar-refractivity contribution is 7.92. The quantitative estimate of drug-likeness (QED) is 0.359. The first-order chi connectivity index (χ1) is 20.6. The maximum atomic E-state index is 14.4. The third kappa shape index (κ3) is 5.89. The molecule has 5 heterocycles. The number of ether oxygens (including phenoxy) is 1. The lowest BCUT2D eigenvalue weighted by Gasteiger charge is -2.36. The van der Waals surface area contributed by atoms with Gasteiger partial charge < -0.3 is 19.9 Å². The number of amides is 1. The summed E-state index contributed by atoms with van der Waals surface area (Å²) in [4.78, 5) is 30.9. The molecule has 3 aromatic heterocycles. The smallest absolute Gasteiger partial charge is 0.251 e. The Hall–Kier alpha value is -4.16. The van der Waals surface area contributed by atoms with E-state index in [0.717, 1.165) is 30.0 Å². The van der Waals surface area contributed by atoms with Crippen LogP contribution in [-0.4, -0.2) is 73.7 Å². The summed E-state index contributed by atoms with van der Waals surface area (Å²) in [5, 5.41) is 3.63. The van der Waals surface area contributed by atoms with Gasteiger partial charge in [-0.2, -0.15) is 0 Å². The van der Waals surface area contributed by atoms with Gasteiger partial charge in [0.25, 0.3) is 5.91 Å². The molecular formula is C31H33FN6O4S. The van der Waals surface area contributed by atoms with Crippen molar-refractivity contribution < 1.29 is 22.3 Å². The van der Waals surface area contributed by atoms with Gasteiger partial charge in [0.1, 0.15) is 5.82 Å². The second-order valence-electron chi connectivity index (χ2n) is 11.1. The molecule has 1 amide bonds. The monoisotopic (exact) mass is 604 g/mol.